The van der Waals surface area contributed by atoms with Crippen LogP contribution >= 0.6 is 0 Å². The number of aromatic amines is 1. The molecule has 190 valence electrons. The summed E-state index contributed by atoms with van der Waals surface area (Å²) in [5.41, 5.74) is -2.25. The first kappa shape index (κ1) is 25.2. The second kappa shape index (κ2) is 10.4. The van der Waals surface area contributed by atoms with Crippen LogP contribution in [0.15, 0.2) is 48.5 Å². The second-order valence-corrected chi connectivity index (χ2v) is 8.32. The molecule has 0 saturated heterocycles. The molecule has 2 N–H and O–H groups in total. The number of ether oxygens (including phenoxy) is 2. The highest BCUT2D eigenvalue weighted by atomic mass is 19.4. The Kier molecular flexibility index (Phi) is 7.27. The minimum atomic E-state index is -4.81. The fourth-order valence-corrected chi connectivity index (χ4v) is 4.15. The van der Waals surface area contributed by atoms with E-state index in [4.69, 9.17) is 9.47 Å². The minimum Gasteiger partial charge on any atom is -0.494 e. The molecule has 3 aromatic rings. The molecule has 0 aliphatic carbocycles. The summed E-state index contributed by atoms with van der Waals surface area (Å²) in [4.78, 5) is 13.3. The molecule has 0 saturated carbocycles. The summed E-state index contributed by atoms with van der Waals surface area (Å²) in [5, 5.41) is 15.5. The molecule has 1 aromatic heterocycles. The highest BCUT2D eigenvalue weighted by Crippen LogP contribution is 2.49. The summed E-state index contributed by atoms with van der Waals surface area (Å²) in [7, 11) is 0. The van der Waals surface area contributed by atoms with E-state index < -0.39 is 24.0 Å². The predicted molar refractivity (Wildman–Crippen MR) is 126 cm³/mol. The first-order chi connectivity index (χ1) is 17.3. The summed E-state index contributed by atoms with van der Waals surface area (Å²) in [6.07, 6.45) is -3.61. The fraction of sp³-hybridized carbons (Fsp3) is 0.360. The highest BCUT2D eigenvalue weighted by Gasteiger charge is 2.59. The third-order valence-corrected chi connectivity index (χ3v) is 5.99. The van der Waals surface area contributed by atoms with E-state index in [-0.39, 0.29) is 22.5 Å². The van der Waals surface area contributed by atoms with Crippen molar-refractivity contribution in [1.82, 2.24) is 25.9 Å². The summed E-state index contributed by atoms with van der Waals surface area (Å²) in [5.74, 6) is 0.0595. The van der Waals surface area contributed by atoms with Gasteiger partial charge in [0.25, 0.3) is 5.91 Å². The molecule has 11 heteroatoms. The van der Waals surface area contributed by atoms with Gasteiger partial charge in [-0.1, -0.05) is 37.6 Å². The third kappa shape index (κ3) is 4.91. The van der Waals surface area contributed by atoms with Crippen molar-refractivity contribution in [3.63, 3.8) is 0 Å². The van der Waals surface area contributed by atoms with Gasteiger partial charge >= 0.3 is 6.18 Å². The summed E-state index contributed by atoms with van der Waals surface area (Å²) in [6, 6.07) is 12.2. The number of benzene rings is 2. The van der Waals surface area contributed by atoms with Crippen LogP contribution in [0.5, 0.6) is 11.5 Å². The Bertz CT molecular complexity index is 1210. The molecular weight excluding hydrogens is 475 g/mol. The Morgan fingerprint density at radius 2 is 1.67 bits per heavy atom. The lowest BCUT2D eigenvalue weighted by atomic mass is 9.76. The SMILES string of the molecule is CCCCOc1ccc(C2(C(F)(F)F)CC(c3ccc(OCC)cc3)=C(c3nnn[nH]3)C(=O)N2)cc1. The molecule has 0 radical (unpaired) electrons. The van der Waals surface area contributed by atoms with Gasteiger partial charge in [-0.25, -0.2) is 5.10 Å². The number of hydrogen-bond acceptors (Lipinski definition) is 6. The Morgan fingerprint density at radius 1 is 1.00 bits per heavy atom. The van der Waals surface area contributed by atoms with Gasteiger partial charge in [-0.3, -0.25) is 4.79 Å². The first-order valence-corrected chi connectivity index (χ1v) is 11.6. The van der Waals surface area contributed by atoms with Crippen molar-refractivity contribution in [3.05, 3.63) is 65.5 Å². The van der Waals surface area contributed by atoms with E-state index in [2.05, 4.69) is 25.9 Å². The number of tetrazole rings is 1. The maximum atomic E-state index is 14.8. The second-order valence-electron chi connectivity index (χ2n) is 8.32. The maximum absolute atomic E-state index is 14.8. The van der Waals surface area contributed by atoms with Crippen LogP contribution in [0.25, 0.3) is 11.1 Å². The van der Waals surface area contributed by atoms with Crippen molar-refractivity contribution in [2.45, 2.75) is 44.8 Å². The van der Waals surface area contributed by atoms with Crippen molar-refractivity contribution in [1.29, 1.82) is 0 Å². The topological polar surface area (TPSA) is 102 Å². The molecule has 1 aliphatic heterocycles. The predicted octanol–water partition coefficient (Wildman–Crippen LogP) is 4.67. The smallest absolute Gasteiger partial charge is 0.416 e. The fourth-order valence-electron chi connectivity index (χ4n) is 4.15. The number of nitrogens with zero attached hydrogens (tertiary/aromatic N) is 3. The largest absolute Gasteiger partial charge is 0.494 e. The molecule has 2 aromatic carbocycles. The molecule has 1 unspecified atom stereocenters. The number of aromatic nitrogens is 4. The molecule has 0 spiro atoms. The quantitative estimate of drug-likeness (QED) is 0.414. The normalized spacial score (nSPS) is 18.2. The Morgan fingerprint density at radius 3 is 2.25 bits per heavy atom. The molecule has 4 rings (SSSR count). The number of amides is 1. The molecule has 1 aliphatic rings. The van der Waals surface area contributed by atoms with Crippen LogP contribution in [0, 0.1) is 0 Å². The third-order valence-electron chi connectivity index (χ3n) is 5.99. The number of unbranched alkanes of at least 4 members (excludes halogenated alkanes) is 1. The standard InChI is InChI=1S/C25H26F3N5O3/c1-3-5-14-36-19-12-8-17(9-13-19)24(25(26,27)28)15-20(16-6-10-18(11-7-16)35-4-2)21(23(34)29-24)22-30-32-33-31-22/h6-13H,3-5,14-15H2,1-2H3,(H,29,34)(H,30,31,32,33). The van der Waals surface area contributed by atoms with E-state index in [1.807, 2.05) is 13.8 Å². The molecule has 1 amide bonds. The highest BCUT2D eigenvalue weighted by molar-refractivity contribution is 6.27. The molecule has 2 heterocycles. The van der Waals surface area contributed by atoms with Crippen LogP contribution < -0.4 is 14.8 Å². The number of alkyl halides is 3. The van der Waals surface area contributed by atoms with E-state index in [1.54, 1.807) is 24.3 Å². The van der Waals surface area contributed by atoms with Crippen LogP contribution in [0.1, 0.15) is 50.1 Å². The Balaban J connectivity index is 1.81. The number of nitrogens with one attached hydrogen (secondary N) is 2. The molecule has 36 heavy (non-hydrogen) atoms. The zero-order valence-corrected chi connectivity index (χ0v) is 19.9. The number of halogens is 3. The molecule has 8 nitrogen and oxygen atoms in total. The van der Waals surface area contributed by atoms with Gasteiger partial charge in [-0.05, 0) is 64.7 Å². The Labute approximate surface area is 205 Å². The van der Waals surface area contributed by atoms with E-state index in [9.17, 15) is 18.0 Å². The van der Waals surface area contributed by atoms with Crippen LogP contribution in [-0.4, -0.2) is 45.9 Å². The van der Waals surface area contributed by atoms with E-state index in [0.29, 0.717) is 30.3 Å². The zero-order valence-electron chi connectivity index (χ0n) is 19.9. The van der Waals surface area contributed by atoms with Crippen molar-refractivity contribution < 1.29 is 27.4 Å². The number of rotatable bonds is 9. The lowest BCUT2D eigenvalue weighted by molar-refractivity contribution is -0.201. The minimum absolute atomic E-state index is 0.0215. The molecule has 1 atom stereocenters. The van der Waals surface area contributed by atoms with Crippen molar-refractivity contribution in [2.24, 2.45) is 0 Å². The Hall–Kier alpha value is -3.89. The maximum Gasteiger partial charge on any atom is 0.416 e. The van der Waals surface area contributed by atoms with Crippen molar-refractivity contribution in [2.75, 3.05) is 13.2 Å². The lowest BCUT2D eigenvalue weighted by Gasteiger charge is -2.41. The van der Waals surface area contributed by atoms with Crippen molar-refractivity contribution in [3.8, 4) is 11.5 Å². The van der Waals surface area contributed by atoms with Gasteiger partial charge in [0.2, 0.25) is 0 Å². The summed E-state index contributed by atoms with van der Waals surface area (Å²) in [6.45, 7) is 4.75. The zero-order chi connectivity index (χ0) is 25.8. The van der Waals surface area contributed by atoms with E-state index in [0.717, 1.165) is 12.8 Å². The van der Waals surface area contributed by atoms with Crippen LogP contribution in [0.3, 0.4) is 0 Å². The molecular formula is C25H26F3N5O3. The van der Waals surface area contributed by atoms with Gasteiger partial charge in [0, 0.05) is 6.42 Å². The molecule has 0 fully saturated rings. The number of hydrogen-bond donors (Lipinski definition) is 2. The summed E-state index contributed by atoms with van der Waals surface area (Å²) < 4.78 is 55.4. The van der Waals surface area contributed by atoms with Crippen LogP contribution in [0.2, 0.25) is 0 Å². The average Bonchev–Trinajstić information content (AvgIpc) is 3.38. The van der Waals surface area contributed by atoms with E-state index >= 15 is 0 Å². The summed E-state index contributed by atoms with van der Waals surface area (Å²) >= 11 is 0. The number of H-pyrrole nitrogens is 1. The van der Waals surface area contributed by atoms with Gasteiger partial charge in [-0.2, -0.15) is 13.2 Å². The number of carbonyl (C=O) groups excluding carboxylic acids is 1. The monoisotopic (exact) mass is 501 g/mol. The van der Waals surface area contributed by atoms with Crippen LogP contribution in [0.4, 0.5) is 13.2 Å². The van der Waals surface area contributed by atoms with Crippen molar-refractivity contribution >= 4 is 17.1 Å². The first-order valence-electron chi connectivity index (χ1n) is 11.6. The van der Waals surface area contributed by atoms with Gasteiger partial charge in [0.1, 0.15) is 11.5 Å². The molecule has 0 bridgehead atoms. The van der Waals surface area contributed by atoms with Gasteiger partial charge in [-0.15, -0.1) is 5.10 Å². The lowest BCUT2D eigenvalue weighted by Crippen LogP contribution is -2.58. The number of carbonyl (C=O) groups is 1. The van der Waals surface area contributed by atoms with Gasteiger partial charge in [0.05, 0.1) is 18.8 Å². The average molecular weight is 502 g/mol. The van der Waals surface area contributed by atoms with Gasteiger partial charge < -0.3 is 14.8 Å². The van der Waals surface area contributed by atoms with E-state index in [1.165, 1.54) is 24.3 Å². The van der Waals surface area contributed by atoms with Crippen LogP contribution in [-0.2, 0) is 10.3 Å². The van der Waals surface area contributed by atoms with Gasteiger partial charge in [0.15, 0.2) is 11.4 Å².